The molecule has 0 bridgehead atoms. The van der Waals surface area contributed by atoms with E-state index in [0.29, 0.717) is 5.82 Å². The summed E-state index contributed by atoms with van der Waals surface area (Å²) in [5.41, 5.74) is 6.74. The zero-order valence-corrected chi connectivity index (χ0v) is 8.97. The average Bonchev–Trinajstić information content (AvgIpc) is 2.08. The Labute approximate surface area is 83.9 Å². The first-order chi connectivity index (χ1) is 6.18. The molecular formula is C10H16N2S. The van der Waals surface area contributed by atoms with Crippen molar-refractivity contribution in [2.24, 2.45) is 5.92 Å². The molecule has 0 atom stereocenters. The minimum absolute atomic E-state index is 0.595. The van der Waals surface area contributed by atoms with E-state index in [9.17, 15) is 0 Å². The molecule has 1 aromatic rings. The third-order valence-electron chi connectivity index (χ3n) is 1.57. The molecule has 0 unspecified atom stereocenters. The van der Waals surface area contributed by atoms with E-state index in [1.54, 1.807) is 0 Å². The Hall–Kier alpha value is -0.700. The number of aromatic nitrogens is 1. The third-order valence-corrected chi connectivity index (χ3v) is 3.01. The van der Waals surface area contributed by atoms with Gasteiger partial charge in [-0.15, -0.1) is 0 Å². The van der Waals surface area contributed by atoms with Gasteiger partial charge in [-0.25, -0.2) is 4.98 Å². The average molecular weight is 196 g/mol. The maximum absolute atomic E-state index is 5.49. The van der Waals surface area contributed by atoms with Gasteiger partial charge in [0.1, 0.15) is 5.82 Å². The Bertz CT molecular complexity index is 244. The molecule has 0 amide bonds. The van der Waals surface area contributed by atoms with Crippen molar-refractivity contribution >= 4 is 17.6 Å². The van der Waals surface area contributed by atoms with E-state index in [2.05, 4.69) is 18.8 Å². The Kier molecular flexibility index (Phi) is 4.09. The molecule has 0 saturated heterocycles. The van der Waals surface area contributed by atoms with Crippen LogP contribution in [0.15, 0.2) is 18.3 Å². The van der Waals surface area contributed by atoms with Crippen LogP contribution < -0.4 is 5.73 Å². The standard InChI is InChI=1S/C10H16N2S/c1-8(2)6-13-7-9-3-4-10(11)12-5-9/h3-5,8H,6-7H2,1-2H3,(H2,11,12). The van der Waals surface area contributed by atoms with E-state index in [-0.39, 0.29) is 0 Å². The zero-order valence-electron chi connectivity index (χ0n) is 8.16. The fourth-order valence-corrected chi connectivity index (χ4v) is 1.93. The summed E-state index contributed by atoms with van der Waals surface area (Å²) in [4.78, 5) is 4.04. The van der Waals surface area contributed by atoms with E-state index >= 15 is 0 Å². The first-order valence-electron chi connectivity index (χ1n) is 4.46. The number of thioether (sulfide) groups is 1. The molecule has 2 nitrogen and oxygen atoms in total. The molecule has 0 fully saturated rings. The molecule has 0 aliphatic rings. The molecule has 0 aromatic carbocycles. The largest absolute Gasteiger partial charge is 0.384 e. The van der Waals surface area contributed by atoms with Gasteiger partial charge in [0.25, 0.3) is 0 Å². The first-order valence-corrected chi connectivity index (χ1v) is 5.62. The van der Waals surface area contributed by atoms with Gasteiger partial charge in [0, 0.05) is 11.9 Å². The van der Waals surface area contributed by atoms with Crippen LogP contribution in [0.2, 0.25) is 0 Å². The molecule has 0 spiro atoms. The van der Waals surface area contributed by atoms with Crippen molar-refractivity contribution in [3.63, 3.8) is 0 Å². The third kappa shape index (κ3) is 4.18. The van der Waals surface area contributed by atoms with Crippen LogP contribution in [0.1, 0.15) is 19.4 Å². The smallest absolute Gasteiger partial charge is 0.123 e. The molecule has 1 rings (SSSR count). The number of pyridine rings is 1. The molecule has 2 N–H and O–H groups in total. The summed E-state index contributed by atoms with van der Waals surface area (Å²) in [6, 6.07) is 3.89. The predicted octanol–water partition coefficient (Wildman–Crippen LogP) is 2.55. The van der Waals surface area contributed by atoms with E-state index in [1.807, 2.05) is 30.1 Å². The van der Waals surface area contributed by atoms with Crippen molar-refractivity contribution in [3.05, 3.63) is 23.9 Å². The van der Waals surface area contributed by atoms with Crippen LogP contribution in [-0.4, -0.2) is 10.7 Å². The summed E-state index contributed by atoms with van der Waals surface area (Å²) in [7, 11) is 0. The fraction of sp³-hybridized carbons (Fsp3) is 0.500. The summed E-state index contributed by atoms with van der Waals surface area (Å²) in [5, 5.41) is 0. The number of nitrogens with two attached hydrogens (primary N) is 1. The highest BCUT2D eigenvalue weighted by molar-refractivity contribution is 7.98. The van der Waals surface area contributed by atoms with Crippen LogP contribution in [0.3, 0.4) is 0 Å². The maximum atomic E-state index is 5.49. The van der Waals surface area contributed by atoms with Crippen LogP contribution in [0, 0.1) is 5.92 Å². The summed E-state index contributed by atoms with van der Waals surface area (Å²) in [6.45, 7) is 4.46. The Morgan fingerprint density at radius 2 is 2.23 bits per heavy atom. The molecule has 1 aromatic heterocycles. The summed E-state index contributed by atoms with van der Waals surface area (Å²) in [6.07, 6.45) is 1.85. The minimum atomic E-state index is 0.595. The molecule has 72 valence electrons. The first kappa shape index (κ1) is 10.4. The second kappa shape index (κ2) is 5.12. The monoisotopic (exact) mass is 196 g/mol. The number of hydrogen-bond donors (Lipinski definition) is 1. The van der Waals surface area contributed by atoms with Gasteiger partial charge in [0.15, 0.2) is 0 Å². The lowest BCUT2D eigenvalue weighted by atomic mass is 10.3. The maximum Gasteiger partial charge on any atom is 0.123 e. The highest BCUT2D eigenvalue weighted by atomic mass is 32.2. The number of anilines is 1. The van der Waals surface area contributed by atoms with Gasteiger partial charge in [-0.2, -0.15) is 11.8 Å². The predicted molar refractivity (Wildman–Crippen MR) is 59.6 cm³/mol. The fourth-order valence-electron chi connectivity index (χ4n) is 0.934. The topological polar surface area (TPSA) is 38.9 Å². The lowest BCUT2D eigenvalue weighted by Crippen LogP contribution is -1.93. The minimum Gasteiger partial charge on any atom is -0.384 e. The molecule has 1 heterocycles. The Balaban J connectivity index is 2.33. The number of nitrogen functional groups attached to an aromatic ring is 1. The summed E-state index contributed by atoms with van der Waals surface area (Å²) in [5.74, 6) is 3.58. The van der Waals surface area contributed by atoms with E-state index in [1.165, 1.54) is 11.3 Å². The van der Waals surface area contributed by atoms with Crippen LogP contribution in [-0.2, 0) is 5.75 Å². The highest BCUT2D eigenvalue weighted by Crippen LogP contribution is 2.14. The van der Waals surface area contributed by atoms with Crippen LogP contribution >= 0.6 is 11.8 Å². The number of rotatable bonds is 4. The van der Waals surface area contributed by atoms with Crippen molar-refractivity contribution in [2.45, 2.75) is 19.6 Å². The van der Waals surface area contributed by atoms with Gasteiger partial charge in [-0.3, -0.25) is 0 Å². The van der Waals surface area contributed by atoms with Crippen molar-refractivity contribution in [3.8, 4) is 0 Å². The highest BCUT2D eigenvalue weighted by Gasteiger charge is 1.96. The number of nitrogens with zero attached hydrogens (tertiary/aromatic N) is 1. The summed E-state index contributed by atoms with van der Waals surface area (Å²) < 4.78 is 0. The molecule has 0 aliphatic heterocycles. The molecule has 0 radical (unpaired) electrons. The Morgan fingerprint density at radius 3 is 2.77 bits per heavy atom. The van der Waals surface area contributed by atoms with Crippen molar-refractivity contribution in [1.29, 1.82) is 0 Å². The normalized spacial score (nSPS) is 10.7. The van der Waals surface area contributed by atoms with Crippen molar-refractivity contribution in [2.75, 3.05) is 11.5 Å². The lowest BCUT2D eigenvalue weighted by molar-refractivity contribution is 0.750. The Morgan fingerprint density at radius 1 is 1.46 bits per heavy atom. The lowest BCUT2D eigenvalue weighted by Gasteiger charge is -2.04. The van der Waals surface area contributed by atoms with Crippen molar-refractivity contribution in [1.82, 2.24) is 4.98 Å². The quantitative estimate of drug-likeness (QED) is 0.804. The van der Waals surface area contributed by atoms with Gasteiger partial charge < -0.3 is 5.73 Å². The second-order valence-electron chi connectivity index (χ2n) is 3.50. The molecule has 0 saturated carbocycles. The number of hydrogen-bond acceptors (Lipinski definition) is 3. The molecule has 3 heteroatoms. The van der Waals surface area contributed by atoms with Gasteiger partial charge >= 0.3 is 0 Å². The SMILES string of the molecule is CC(C)CSCc1ccc(N)nc1. The zero-order chi connectivity index (χ0) is 9.68. The van der Waals surface area contributed by atoms with E-state index < -0.39 is 0 Å². The molecular weight excluding hydrogens is 180 g/mol. The van der Waals surface area contributed by atoms with Gasteiger partial charge in [-0.05, 0) is 23.3 Å². The van der Waals surface area contributed by atoms with Crippen LogP contribution in [0.4, 0.5) is 5.82 Å². The van der Waals surface area contributed by atoms with Gasteiger partial charge in [0.05, 0.1) is 0 Å². The summed E-state index contributed by atoms with van der Waals surface area (Å²) >= 11 is 1.94. The molecule has 0 aliphatic carbocycles. The van der Waals surface area contributed by atoms with Gasteiger partial charge in [-0.1, -0.05) is 19.9 Å². The van der Waals surface area contributed by atoms with Crippen molar-refractivity contribution < 1.29 is 0 Å². The van der Waals surface area contributed by atoms with E-state index in [0.717, 1.165) is 11.7 Å². The van der Waals surface area contributed by atoms with Crippen LogP contribution in [0.25, 0.3) is 0 Å². The van der Waals surface area contributed by atoms with E-state index in [4.69, 9.17) is 5.73 Å². The van der Waals surface area contributed by atoms with Gasteiger partial charge in [0.2, 0.25) is 0 Å². The molecule has 13 heavy (non-hydrogen) atoms. The second-order valence-corrected chi connectivity index (χ2v) is 4.53. The van der Waals surface area contributed by atoms with Crippen LogP contribution in [0.5, 0.6) is 0 Å².